The first-order chi connectivity index (χ1) is 10.3. The fraction of sp³-hybridized carbons (Fsp3) is 0.562. The molecule has 0 aromatic heterocycles. The van der Waals surface area contributed by atoms with E-state index in [1.165, 1.54) is 6.26 Å². The van der Waals surface area contributed by atoms with Gasteiger partial charge in [0.1, 0.15) is 0 Å². The first-order valence-electron chi connectivity index (χ1n) is 7.58. The molecule has 0 radical (unpaired) electrons. The summed E-state index contributed by atoms with van der Waals surface area (Å²) in [4.78, 5) is 14.0. The SMILES string of the molecule is CCCCCNC(=O)N(C)C(C)c1ccc(S(C)(=O)=O)cc1. The summed E-state index contributed by atoms with van der Waals surface area (Å²) in [6, 6.07) is 6.42. The molecule has 0 aliphatic heterocycles. The smallest absolute Gasteiger partial charge is 0.317 e. The van der Waals surface area contributed by atoms with E-state index in [-0.39, 0.29) is 17.0 Å². The molecule has 0 fully saturated rings. The fourth-order valence-electron chi connectivity index (χ4n) is 2.09. The molecule has 0 saturated carbocycles. The van der Waals surface area contributed by atoms with Gasteiger partial charge >= 0.3 is 6.03 Å². The van der Waals surface area contributed by atoms with Gasteiger partial charge in [0.05, 0.1) is 10.9 Å². The van der Waals surface area contributed by atoms with E-state index in [2.05, 4.69) is 12.2 Å². The third-order valence-corrected chi connectivity index (χ3v) is 4.88. The highest BCUT2D eigenvalue weighted by Crippen LogP contribution is 2.20. The van der Waals surface area contributed by atoms with Crippen molar-refractivity contribution in [1.29, 1.82) is 0 Å². The molecule has 1 atom stereocenters. The molecule has 22 heavy (non-hydrogen) atoms. The third-order valence-electron chi connectivity index (χ3n) is 3.75. The number of unbranched alkanes of at least 4 members (excludes halogenated alkanes) is 2. The van der Waals surface area contributed by atoms with E-state index in [0.717, 1.165) is 24.8 Å². The molecule has 1 unspecified atom stereocenters. The normalized spacial score (nSPS) is 12.7. The molecule has 0 spiro atoms. The van der Waals surface area contributed by atoms with Crippen LogP contribution < -0.4 is 5.32 Å². The van der Waals surface area contributed by atoms with Crippen LogP contribution in [0, 0.1) is 0 Å². The molecule has 0 bridgehead atoms. The van der Waals surface area contributed by atoms with E-state index in [0.29, 0.717) is 6.54 Å². The lowest BCUT2D eigenvalue weighted by molar-refractivity contribution is 0.194. The van der Waals surface area contributed by atoms with Crippen molar-refractivity contribution in [3.63, 3.8) is 0 Å². The maximum atomic E-state index is 12.1. The Hall–Kier alpha value is -1.56. The molecule has 0 heterocycles. The molecule has 2 amide bonds. The second-order valence-electron chi connectivity index (χ2n) is 5.57. The Balaban J connectivity index is 2.66. The highest BCUT2D eigenvalue weighted by molar-refractivity contribution is 7.90. The monoisotopic (exact) mass is 326 g/mol. The van der Waals surface area contributed by atoms with Crippen molar-refractivity contribution >= 4 is 15.9 Å². The Kier molecular flexibility index (Phi) is 6.87. The molecule has 1 N–H and O–H groups in total. The minimum Gasteiger partial charge on any atom is -0.338 e. The predicted octanol–water partition coefficient (Wildman–Crippen LogP) is 2.98. The van der Waals surface area contributed by atoms with Gasteiger partial charge in [-0.25, -0.2) is 13.2 Å². The minimum atomic E-state index is -3.19. The van der Waals surface area contributed by atoms with Crippen LogP contribution >= 0.6 is 0 Å². The van der Waals surface area contributed by atoms with Crippen LogP contribution in [0.1, 0.15) is 44.7 Å². The number of benzene rings is 1. The zero-order valence-corrected chi connectivity index (χ0v) is 14.6. The van der Waals surface area contributed by atoms with Crippen molar-refractivity contribution in [2.75, 3.05) is 19.8 Å². The zero-order chi connectivity index (χ0) is 16.8. The van der Waals surface area contributed by atoms with Crippen molar-refractivity contribution in [2.24, 2.45) is 0 Å². The molecule has 1 aromatic carbocycles. The van der Waals surface area contributed by atoms with E-state index >= 15 is 0 Å². The second-order valence-corrected chi connectivity index (χ2v) is 7.58. The van der Waals surface area contributed by atoms with E-state index in [4.69, 9.17) is 0 Å². The largest absolute Gasteiger partial charge is 0.338 e. The lowest BCUT2D eigenvalue weighted by Gasteiger charge is -2.25. The fourth-order valence-corrected chi connectivity index (χ4v) is 2.72. The number of nitrogens with one attached hydrogen (secondary N) is 1. The summed E-state index contributed by atoms with van der Waals surface area (Å²) in [5, 5.41) is 2.89. The number of hydrogen-bond acceptors (Lipinski definition) is 3. The molecule has 6 heteroatoms. The van der Waals surface area contributed by atoms with Crippen LogP contribution in [0.2, 0.25) is 0 Å². The highest BCUT2D eigenvalue weighted by atomic mass is 32.2. The van der Waals surface area contributed by atoms with Crippen LogP contribution in [0.5, 0.6) is 0 Å². The Labute approximate surface area is 133 Å². The molecule has 124 valence electrons. The molecule has 5 nitrogen and oxygen atoms in total. The standard InChI is InChI=1S/C16H26N2O3S/c1-5-6-7-12-17-16(19)18(3)13(2)14-8-10-15(11-9-14)22(4,20)21/h8-11,13H,5-7,12H2,1-4H3,(H,17,19). The van der Waals surface area contributed by atoms with E-state index in [1.54, 1.807) is 36.2 Å². The van der Waals surface area contributed by atoms with Gasteiger partial charge in [-0.15, -0.1) is 0 Å². The van der Waals surface area contributed by atoms with Crippen LogP contribution in [0.15, 0.2) is 29.2 Å². The first kappa shape index (κ1) is 18.5. The van der Waals surface area contributed by atoms with Gasteiger partial charge in [-0.2, -0.15) is 0 Å². The van der Waals surface area contributed by atoms with Crippen molar-refractivity contribution in [1.82, 2.24) is 10.2 Å². The molecular formula is C16H26N2O3S. The third kappa shape index (κ3) is 5.33. The van der Waals surface area contributed by atoms with Crippen LogP contribution in [-0.4, -0.2) is 39.2 Å². The van der Waals surface area contributed by atoms with Gasteiger partial charge in [0, 0.05) is 19.8 Å². The number of urea groups is 1. The van der Waals surface area contributed by atoms with Crippen molar-refractivity contribution in [2.45, 2.75) is 44.0 Å². The van der Waals surface area contributed by atoms with Gasteiger partial charge in [-0.1, -0.05) is 31.9 Å². The second kappa shape index (κ2) is 8.17. The summed E-state index contributed by atoms with van der Waals surface area (Å²) in [6.45, 7) is 4.72. The van der Waals surface area contributed by atoms with Gasteiger partial charge in [-0.3, -0.25) is 0 Å². The Morgan fingerprint density at radius 3 is 2.32 bits per heavy atom. The Bertz CT molecular complexity index is 582. The number of nitrogens with zero attached hydrogens (tertiary/aromatic N) is 1. The number of sulfone groups is 1. The van der Waals surface area contributed by atoms with Crippen LogP contribution in [0.4, 0.5) is 4.79 Å². The lowest BCUT2D eigenvalue weighted by Crippen LogP contribution is -2.39. The van der Waals surface area contributed by atoms with E-state index < -0.39 is 9.84 Å². The Morgan fingerprint density at radius 1 is 1.23 bits per heavy atom. The summed E-state index contributed by atoms with van der Waals surface area (Å²) >= 11 is 0. The molecule has 0 saturated heterocycles. The molecular weight excluding hydrogens is 300 g/mol. The average Bonchev–Trinajstić information content (AvgIpc) is 2.49. The molecule has 0 aliphatic carbocycles. The first-order valence-corrected chi connectivity index (χ1v) is 9.47. The van der Waals surface area contributed by atoms with Crippen LogP contribution in [0.3, 0.4) is 0 Å². The summed E-state index contributed by atoms with van der Waals surface area (Å²) < 4.78 is 22.9. The van der Waals surface area contributed by atoms with Crippen molar-refractivity contribution in [3.8, 4) is 0 Å². The number of carbonyl (C=O) groups excluding carboxylic acids is 1. The van der Waals surface area contributed by atoms with Crippen molar-refractivity contribution < 1.29 is 13.2 Å². The van der Waals surface area contributed by atoms with Gasteiger partial charge in [-0.05, 0) is 31.0 Å². The lowest BCUT2D eigenvalue weighted by atomic mass is 10.1. The van der Waals surface area contributed by atoms with Crippen molar-refractivity contribution in [3.05, 3.63) is 29.8 Å². The number of carbonyl (C=O) groups is 1. The van der Waals surface area contributed by atoms with E-state index in [1.807, 2.05) is 6.92 Å². The van der Waals surface area contributed by atoms with Gasteiger partial charge in [0.25, 0.3) is 0 Å². The average molecular weight is 326 g/mol. The van der Waals surface area contributed by atoms with Crippen LogP contribution in [0.25, 0.3) is 0 Å². The minimum absolute atomic E-state index is 0.115. The summed E-state index contributed by atoms with van der Waals surface area (Å²) in [5.41, 5.74) is 0.901. The summed E-state index contributed by atoms with van der Waals surface area (Å²) in [5.74, 6) is 0. The maximum absolute atomic E-state index is 12.1. The van der Waals surface area contributed by atoms with E-state index in [9.17, 15) is 13.2 Å². The quantitative estimate of drug-likeness (QED) is 0.783. The number of amides is 2. The summed E-state index contributed by atoms with van der Waals surface area (Å²) in [7, 11) is -1.45. The van der Waals surface area contributed by atoms with Gasteiger partial charge in [0.2, 0.25) is 0 Å². The zero-order valence-electron chi connectivity index (χ0n) is 13.8. The number of rotatable bonds is 7. The maximum Gasteiger partial charge on any atom is 0.317 e. The predicted molar refractivity (Wildman–Crippen MR) is 88.7 cm³/mol. The van der Waals surface area contributed by atoms with Gasteiger partial charge < -0.3 is 10.2 Å². The summed E-state index contributed by atoms with van der Waals surface area (Å²) in [6.07, 6.45) is 4.39. The van der Waals surface area contributed by atoms with Gasteiger partial charge in [0.15, 0.2) is 9.84 Å². The molecule has 1 aromatic rings. The highest BCUT2D eigenvalue weighted by Gasteiger charge is 2.17. The molecule has 0 aliphatic rings. The van der Waals surface area contributed by atoms with Crippen LogP contribution in [-0.2, 0) is 9.84 Å². The molecule has 1 rings (SSSR count). The number of hydrogen-bond donors (Lipinski definition) is 1. The topological polar surface area (TPSA) is 66.5 Å². The Morgan fingerprint density at radius 2 is 1.82 bits per heavy atom.